The monoisotopic (exact) mass is 317 g/mol. The second kappa shape index (κ2) is 8.32. The maximum Gasteiger partial charge on any atom is 0.139 e. The van der Waals surface area contributed by atoms with Crippen LogP contribution in [0.5, 0.6) is 5.75 Å². The van der Waals surface area contributed by atoms with E-state index in [0.29, 0.717) is 0 Å². The largest absolute Gasteiger partial charge is 0.484 e. The molecule has 2 nitrogen and oxygen atoms in total. The topological polar surface area (TPSA) is 21.3 Å². The Labute approximate surface area is 144 Å². The molecule has 2 atom stereocenters. The van der Waals surface area contributed by atoms with Crippen molar-refractivity contribution in [3.8, 4) is 5.75 Å². The summed E-state index contributed by atoms with van der Waals surface area (Å²) in [4.78, 5) is 0. The van der Waals surface area contributed by atoms with Gasteiger partial charge < -0.3 is 10.1 Å². The van der Waals surface area contributed by atoms with E-state index in [0.717, 1.165) is 12.3 Å². The zero-order valence-electron chi connectivity index (χ0n) is 13.9. The van der Waals surface area contributed by atoms with E-state index in [9.17, 15) is 0 Å². The highest BCUT2D eigenvalue weighted by Crippen LogP contribution is 2.25. The van der Waals surface area contributed by atoms with Crippen LogP contribution in [-0.2, 0) is 6.54 Å². The van der Waals surface area contributed by atoms with Crippen molar-refractivity contribution in [1.82, 2.24) is 5.32 Å². The summed E-state index contributed by atoms with van der Waals surface area (Å²) >= 11 is 0. The second-order valence-corrected chi connectivity index (χ2v) is 5.92. The molecule has 0 saturated heterocycles. The van der Waals surface area contributed by atoms with Crippen LogP contribution < -0.4 is 10.1 Å². The van der Waals surface area contributed by atoms with Crippen molar-refractivity contribution >= 4 is 0 Å². The molecule has 0 aromatic heterocycles. The quantitative estimate of drug-likeness (QED) is 0.663. The van der Waals surface area contributed by atoms with Crippen LogP contribution in [0.3, 0.4) is 0 Å². The normalized spacial score (nSPS) is 13.2. The predicted octanol–water partition coefficient (Wildman–Crippen LogP) is 4.99. The van der Waals surface area contributed by atoms with Crippen molar-refractivity contribution in [1.29, 1.82) is 0 Å². The number of ether oxygens (including phenoxy) is 1. The maximum absolute atomic E-state index is 6.29. The molecule has 0 unspecified atom stereocenters. The lowest BCUT2D eigenvalue weighted by Crippen LogP contribution is -2.34. The van der Waals surface area contributed by atoms with E-state index in [1.165, 1.54) is 11.1 Å². The zero-order valence-corrected chi connectivity index (χ0v) is 13.9. The maximum atomic E-state index is 6.29. The lowest BCUT2D eigenvalue weighted by atomic mass is 10.0. The lowest BCUT2D eigenvalue weighted by Gasteiger charge is -2.26. The van der Waals surface area contributed by atoms with Crippen molar-refractivity contribution in [3.05, 3.63) is 102 Å². The van der Waals surface area contributed by atoms with Gasteiger partial charge in [0.2, 0.25) is 0 Å². The molecule has 122 valence electrons. The van der Waals surface area contributed by atoms with Crippen LogP contribution in [0.25, 0.3) is 0 Å². The number of hydrogen-bond donors (Lipinski definition) is 1. The fourth-order valence-corrected chi connectivity index (χ4v) is 2.73. The van der Waals surface area contributed by atoms with Crippen LogP contribution in [-0.4, -0.2) is 6.04 Å². The van der Waals surface area contributed by atoms with Gasteiger partial charge in [-0.2, -0.15) is 0 Å². The average molecular weight is 317 g/mol. The first kappa shape index (κ1) is 16.3. The van der Waals surface area contributed by atoms with Gasteiger partial charge in [0.05, 0.1) is 0 Å². The third-order valence-electron chi connectivity index (χ3n) is 4.06. The van der Waals surface area contributed by atoms with E-state index in [1.807, 2.05) is 42.5 Å². The summed E-state index contributed by atoms with van der Waals surface area (Å²) in [7, 11) is 0. The minimum atomic E-state index is -0.0442. The number of para-hydroxylation sites is 1. The van der Waals surface area contributed by atoms with Crippen LogP contribution in [0.15, 0.2) is 91.0 Å². The smallest absolute Gasteiger partial charge is 0.139 e. The van der Waals surface area contributed by atoms with Gasteiger partial charge in [-0.25, -0.2) is 0 Å². The van der Waals surface area contributed by atoms with Gasteiger partial charge in [-0.15, -0.1) is 0 Å². The Bertz CT molecular complexity index is 713. The molecule has 2 heteroatoms. The summed E-state index contributed by atoms with van der Waals surface area (Å²) in [6.07, 6.45) is -0.0442. The molecule has 3 aromatic rings. The van der Waals surface area contributed by atoms with Gasteiger partial charge in [-0.1, -0.05) is 78.9 Å². The third kappa shape index (κ3) is 4.46. The number of rotatable bonds is 7. The third-order valence-corrected chi connectivity index (χ3v) is 4.06. The summed E-state index contributed by atoms with van der Waals surface area (Å²) in [5, 5.41) is 3.59. The first-order valence-electron chi connectivity index (χ1n) is 8.37. The number of nitrogens with one attached hydrogen (secondary N) is 1. The van der Waals surface area contributed by atoms with E-state index in [2.05, 4.69) is 60.8 Å². The van der Waals surface area contributed by atoms with Gasteiger partial charge in [0, 0.05) is 12.6 Å². The molecule has 3 rings (SSSR count). The molecule has 0 aliphatic carbocycles. The van der Waals surface area contributed by atoms with Crippen molar-refractivity contribution < 1.29 is 4.74 Å². The average Bonchev–Trinajstić information content (AvgIpc) is 2.66. The highest BCUT2D eigenvalue weighted by Gasteiger charge is 2.20. The van der Waals surface area contributed by atoms with Crippen LogP contribution in [0.1, 0.15) is 24.2 Å². The van der Waals surface area contributed by atoms with Crippen molar-refractivity contribution in [2.24, 2.45) is 0 Å². The molecule has 0 aliphatic heterocycles. The van der Waals surface area contributed by atoms with Crippen molar-refractivity contribution in [2.75, 3.05) is 0 Å². The SMILES string of the molecule is C[C@@H](NCc1ccccc1)[C@@H](Oc1ccccc1)c1ccccc1. The number of benzene rings is 3. The Balaban J connectivity index is 1.73. The van der Waals surface area contributed by atoms with Crippen molar-refractivity contribution in [3.63, 3.8) is 0 Å². The summed E-state index contributed by atoms with van der Waals surface area (Å²) in [6, 6.07) is 31.0. The molecular formula is C22H23NO. The second-order valence-electron chi connectivity index (χ2n) is 5.92. The van der Waals surface area contributed by atoms with Gasteiger partial charge >= 0.3 is 0 Å². The predicted molar refractivity (Wildman–Crippen MR) is 99.0 cm³/mol. The Morgan fingerprint density at radius 3 is 1.92 bits per heavy atom. The highest BCUT2D eigenvalue weighted by molar-refractivity contribution is 5.25. The van der Waals surface area contributed by atoms with E-state index < -0.39 is 0 Å². The standard InChI is InChI=1S/C22H23NO/c1-18(23-17-19-11-5-2-6-12-19)22(20-13-7-3-8-14-20)24-21-15-9-4-10-16-21/h2-16,18,22-23H,17H2,1H3/t18-,22-/m1/s1. The fraction of sp³-hybridized carbons (Fsp3) is 0.182. The summed E-state index contributed by atoms with van der Waals surface area (Å²) in [5.41, 5.74) is 2.45. The molecule has 0 amide bonds. The number of hydrogen-bond acceptors (Lipinski definition) is 2. The van der Waals surface area contributed by atoms with Crippen LogP contribution >= 0.6 is 0 Å². The fourth-order valence-electron chi connectivity index (χ4n) is 2.73. The van der Waals surface area contributed by atoms with Gasteiger partial charge in [0.1, 0.15) is 11.9 Å². The Morgan fingerprint density at radius 1 is 0.750 bits per heavy atom. The molecule has 0 saturated carbocycles. The molecule has 0 fully saturated rings. The highest BCUT2D eigenvalue weighted by atomic mass is 16.5. The van der Waals surface area contributed by atoms with E-state index in [-0.39, 0.29) is 12.1 Å². The summed E-state index contributed by atoms with van der Waals surface area (Å²) in [5.74, 6) is 0.889. The molecule has 0 bridgehead atoms. The van der Waals surface area contributed by atoms with Crippen LogP contribution in [0, 0.1) is 0 Å². The molecule has 1 N–H and O–H groups in total. The first-order valence-corrected chi connectivity index (χ1v) is 8.37. The van der Waals surface area contributed by atoms with Gasteiger partial charge in [0.15, 0.2) is 0 Å². The minimum Gasteiger partial charge on any atom is -0.484 e. The Morgan fingerprint density at radius 2 is 1.29 bits per heavy atom. The van der Waals surface area contributed by atoms with Gasteiger partial charge in [0.25, 0.3) is 0 Å². The zero-order chi connectivity index (χ0) is 16.6. The molecule has 0 radical (unpaired) electrons. The lowest BCUT2D eigenvalue weighted by molar-refractivity contribution is 0.161. The molecule has 0 spiro atoms. The summed E-state index contributed by atoms with van der Waals surface area (Å²) < 4.78 is 6.29. The molecule has 24 heavy (non-hydrogen) atoms. The van der Waals surface area contributed by atoms with E-state index >= 15 is 0 Å². The minimum absolute atomic E-state index is 0.0442. The first-order chi connectivity index (χ1) is 11.8. The molecular weight excluding hydrogens is 294 g/mol. The van der Waals surface area contributed by atoms with Crippen LogP contribution in [0.2, 0.25) is 0 Å². The Hall–Kier alpha value is -2.58. The Kier molecular flexibility index (Phi) is 5.65. The van der Waals surface area contributed by atoms with E-state index in [4.69, 9.17) is 4.74 Å². The molecule has 3 aromatic carbocycles. The van der Waals surface area contributed by atoms with Gasteiger partial charge in [-0.3, -0.25) is 0 Å². The summed E-state index contributed by atoms with van der Waals surface area (Å²) in [6.45, 7) is 2.99. The van der Waals surface area contributed by atoms with Gasteiger partial charge in [-0.05, 0) is 30.2 Å². The van der Waals surface area contributed by atoms with Crippen LogP contribution in [0.4, 0.5) is 0 Å². The van der Waals surface area contributed by atoms with E-state index in [1.54, 1.807) is 0 Å². The molecule has 0 aliphatic rings. The van der Waals surface area contributed by atoms with Crippen molar-refractivity contribution in [2.45, 2.75) is 25.6 Å². The molecule has 0 heterocycles.